The van der Waals surface area contributed by atoms with Gasteiger partial charge in [0.05, 0.1) is 29.6 Å². The normalized spacial score (nSPS) is 19.3. The lowest BCUT2D eigenvalue weighted by Crippen LogP contribution is -2.49. The van der Waals surface area contributed by atoms with Gasteiger partial charge in [0.1, 0.15) is 5.54 Å². The molecule has 0 aromatic heterocycles. The van der Waals surface area contributed by atoms with E-state index in [1.165, 1.54) is 6.07 Å². The second-order valence-electron chi connectivity index (χ2n) is 7.93. The van der Waals surface area contributed by atoms with Gasteiger partial charge in [0.2, 0.25) is 5.91 Å². The molecule has 1 aliphatic carbocycles. The van der Waals surface area contributed by atoms with Gasteiger partial charge in [0.25, 0.3) is 0 Å². The molecule has 5 nitrogen and oxygen atoms in total. The molecular weight excluding hydrogens is 381 g/mol. The van der Waals surface area contributed by atoms with E-state index in [4.69, 9.17) is 0 Å². The van der Waals surface area contributed by atoms with Crippen LogP contribution in [0.3, 0.4) is 0 Å². The van der Waals surface area contributed by atoms with E-state index in [9.17, 15) is 23.2 Å². The fraction of sp³-hybridized carbons (Fsp3) is 0.619. The third-order valence-corrected chi connectivity index (χ3v) is 5.76. The van der Waals surface area contributed by atoms with Gasteiger partial charge in [-0.15, -0.1) is 0 Å². The molecule has 2 aliphatic rings. The first kappa shape index (κ1) is 21.3. The molecule has 0 radical (unpaired) electrons. The molecule has 158 valence electrons. The number of amides is 1. The van der Waals surface area contributed by atoms with Gasteiger partial charge in [-0.1, -0.05) is 25.7 Å². The average molecular weight is 408 g/mol. The molecular formula is C21H27F3N4O. The molecule has 1 saturated heterocycles. The van der Waals surface area contributed by atoms with Crippen molar-refractivity contribution >= 4 is 17.3 Å². The van der Waals surface area contributed by atoms with Crippen LogP contribution in [0, 0.1) is 11.3 Å². The summed E-state index contributed by atoms with van der Waals surface area (Å²) in [6, 6.07) is 5.86. The lowest BCUT2D eigenvalue weighted by atomic mass is 9.92. The average Bonchev–Trinajstić information content (AvgIpc) is 3.12. The predicted molar refractivity (Wildman–Crippen MR) is 106 cm³/mol. The van der Waals surface area contributed by atoms with Crippen LogP contribution in [0.25, 0.3) is 0 Å². The predicted octanol–water partition coefficient (Wildman–Crippen LogP) is 4.45. The van der Waals surface area contributed by atoms with Crippen LogP contribution in [-0.4, -0.2) is 31.1 Å². The van der Waals surface area contributed by atoms with Gasteiger partial charge in [-0.3, -0.25) is 4.79 Å². The Balaban J connectivity index is 1.72. The number of rotatable bonds is 5. The summed E-state index contributed by atoms with van der Waals surface area (Å²) in [4.78, 5) is 14.5. The highest BCUT2D eigenvalue weighted by molar-refractivity contribution is 5.84. The van der Waals surface area contributed by atoms with Crippen molar-refractivity contribution in [1.82, 2.24) is 5.32 Å². The highest BCUT2D eigenvalue weighted by atomic mass is 19.4. The fourth-order valence-corrected chi connectivity index (χ4v) is 4.17. The first-order valence-electron chi connectivity index (χ1n) is 10.3. The fourth-order valence-electron chi connectivity index (χ4n) is 4.17. The SMILES string of the molecule is N#CC1(NC(=O)CNc2cc(C(F)(F)F)ccc2N2CCCC2)CCCCCC1. The molecule has 29 heavy (non-hydrogen) atoms. The number of benzene rings is 1. The van der Waals surface area contributed by atoms with Crippen molar-refractivity contribution in [2.24, 2.45) is 0 Å². The van der Waals surface area contributed by atoms with Gasteiger partial charge in [0.15, 0.2) is 0 Å². The Labute approximate surface area is 169 Å². The molecule has 8 heteroatoms. The molecule has 0 atom stereocenters. The second kappa shape index (κ2) is 8.93. The number of hydrogen-bond donors (Lipinski definition) is 2. The van der Waals surface area contributed by atoms with E-state index in [1.807, 2.05) is 4.90 Å². The highest BCUT2D eigenvalue weighted by Gasteiger charge is 2.33. The molecule has 2 fully saturated rings. The zero-order valence-corrected chi connectivity index (χ0v) is 16.4. The maximum atomic E-state index is 13.2. The number of anilines is 2. The Morgan fingerprint density at radius 2 is 1.76 bits per heavy atom. The topological polar surface area (TPSA) is 68.2 Å². The molecule has 2 N–H and O–H groups in total. The molecule has 1 aliphatic heterocycles. The zero-order chi connectivity index (χ0) is 20.9. The number of nitrogens with zero attached hydrogens (tertiary/aromatic N) is 2. The van der Waals surface area contributed by atoms with Crippen LogP contribution in [0.2, 0.25) is 0 Å². The summed E-state index contributed by atoms with van der Waals surface area (Å²) in [5.74, 6) is -0.377. The lowest BCUT2D eigenvalue weighted by Gasteiger charge is -2.27. The Bertz CT molecular complexity index is 758. The van der Waals surface area contributed by atoms with Crippen molar-refractivity contribution in [3.63, 3.8) is 0 Å². The van der Waals surface area contributed by atoms with Crippen LogP contribution in [0.5, 0.6) is 0 Å². The number of nitriles is 1. The number of nitrogens with one attached hydrogen (secondary N) is 2. The summed E-state index contributed by atoms with van der Waals surface area (Å²) < 4.78 is 39.5. The number of carbonyl (C=O) groups excluding carboxylic acids is 1. The Kier molecular flexibility index (Phi) is 6.56. The third kappa shape index (κ3) is 5.34. The summed E-state index contributed by atoms with van der Waals surface area (Å²) in [6.45, 7) is 1.39. The minimum absolute atomic E-state index is 0.175. The number of carbonyl (C=O) groups is 1. The van der Waals surface area contributed by atoms with Gasteiger partial charge in [-0.25, -0.2) is 0 Å². The van der Waals surface area contributed by atoms with E-state index in [1.54, 1.807) is 0 Å². The molecule has 0 bridgehead atoms. The van der Waals surface area contributed by atoms with Gasteiger partial charge in [-0.05, 0) is 43.9 Å². The van der Waals surface area contributed by atoms with Crippen LogP contribution >= 0.6 is 0 Å². The Hall–Kier alpha value is -2.43. The van der Waals surface area contributed by atoms with Crippen LogP contribution < -0.4 is 15.5 Å². The van der Waals surface area contributed by atoms with Gasteiger partial charge < -0.3 is 15.5 Å². The largest absolute Gasteiger partial charge is 0.416 e. The molecule has 1 amide bonds. The minimum Gasteiger partial charge on any atom is -0.374 e. The number of alkyl halides is 3. The molecule has 1 aromatic rings. The molecule has 1 heterocycles. The molecule has 3 rings (SSSR count). The van der Waals surface area contributed by atoms with Gasteiger partial charge in [0, 0.05) is 13.1 Å². The number of hydrogen-bond acceptors (Lipinski definition) is 4. The first-order valence-corrected chi connectivity index (χ1v) is 10.3. The lowest BCUT2D eigenvalue weighted by molar-refractivity contribution is -0.137. The quantitative estimate of drug-likeness (QED) is 0.707. The van der Waals surface area contributed by atoms with Crippen molar-refractivity contribution < 1.29 is 18.0 Å². The molecule has 0 unspecified atom stereocenters. The Morgan fingerprint density at radius 3 is 2.34 bits per heavy atom. The van der Waals surface area contributed by atoms with Crippen LogP contribution in [0.15, 0.2) is 18.2 Å². The van der Waals surface area contributed by atoms with Crippen molar-refractivity contribution in [3.05, 3.63) is 23.8 Å². The Morgan fingerprint density at radius 1 is 1.10 bits per heavy atom. The molecule has 1 saturated carbocycles. The number of halogens is 3. The van der Waals surface area contributed by atoms with E-state index < -0.39 is 17.3 Å². The van der Waals surface area contributed by atoms with E-state index in [2.05, 4.69) is 16.7 Å². The molecule has 0 spiro atoms. The van der Waals surface area contributed by atoms with Gasteiger partial charge >= 0.3 is 6.18 Å². The highest BCUT2D eigenvalue weighted by Crippen LogP contribution is 2.36. The van der Waals surface area contributed by atoms with Crippen LogP contribution in [0.1, 0.15) is 56.9 Å². The smallest absolute Gasteiger partial charge is 0.374 e. The maximum Gasteiger partial charge on any atom is 0.416 e. The van der Waals surface area contributed by atoms with Crippen molar-refractivity contribution in [2.75, 3.05) is 29.9 Å². The first-order chi connectivity index (χ1) is 13.8. The summed E-state index contributed by atoms with van der Waals surface area (Å²) in [7, 11) is 0. The standard InChI is InChI=1S/C21H27F3N4O/c22-21(23,24)16-7-8-18(28-11-5-6-12-28)17(13-16)26-14-19(29)27-20(15-25)9-3-1-2-4-10-20/h7-8,13,26H,1-6,9-12,14H2,(H,27,29). The van der Waals surface area contributed by atoms with Crippen molar-refractivity contribution in [2.45, 2.75) is 63.1 Å². The zero-order valence-electron chi connectivity index (χ0n) is 16.4. The summed E-state index contributed by atoms with van der Waals surface area (Å²) in [5, 5.41) is 15.3. The third-order valence-electron chi connectivity index (χ3n) is 5.76. The van der Waals surface area contributed by atoms with Gasteiger partial charge in [-0.2, -0.15) is 18.4 Å². The van der Waals surface area contributed by atoms with Crippen LogP contribution in [-0.2, 0) is 11.0 Å². The van der Waals surface area contributed by atoms with Crippen molar-refractivity contribution in [3.8, 4) is 6.07 Å². The molecule has 1 aromatic carbocycles. The van der Waals surface area contributed by atoms with E-state index in [-0.39, 0.29) is 12.5 Å². The van der Waals surface area contributed by atoms with E-state index in [0.717, 1.165) is 63.7 Å². The second-order valence-corrected chi connectivity index (χ2v) is 7.93. The van der Waals surface area contributed by atoms with Crippen LogP contribution in [0.4, 0.5) is 24.5 Å². The van der Waals surface area contributed by atoms with Crippen molar-refractivity contribution in [1.29, 1.82) is 5.26 Å². The maximum absolute atomic E-state index is 13.2. The monoisotopic (exact) mass is 408 g/mol. The minimum atomic E-state index is -4.45. The summed E-state index contributed by atoms with van der Waals surface area (Å²) in [5.41, 5.74) is -0.655. The summed E-state index contributed by atoms with van der Waals surface area (Å²) >= 11 is 0. The van der Waals surface area contributed by atoms with E-state index in [0.29, 0.717) is 24.2 Å². The van der Waals surface area contributed by atoms with E-state index >= 15 is 0 Å². The summed E-state index contributed by atoms with van der Waals surface area (Å²) in [6.07, 6.45) is 2.60.